The molecule has 0 spiro atoms. The van der Waals surface area contributed by atoms with Crippen LogP contribution in [0, 0.1) is 6.92 Å². The summed E-state index contributed by atoms with van der Waals surface area (Å²) < 4.78 is 28.3. The van der Waals surface area contributed by atoms with Crippen LogP contribution in [0.4, 0.5) is 0 Å². The van der Waals surface area contributed by atoms with Crippen molar-refractivity contribution >= 4 is 15.7 Å². The van der Waals surface area contributed by atoms with Gasteiger partial charge in [-0.05, 0) is 36.6 Å². The molecule has 1 saturated heterocycles. The van der Waals surface area contributed by atoms with Gasteiger partial charge in [0.1, 0.15) is 5.75 Å². The first-order valence-electron chi connectivity index (χ1n) is 8.21. The van der Waals surface area contributed by atoms with Crippen molar-refractivity contribution in [2.24, 2.45) is 0 Å². The minimum absolute atomic E-state index is 0.0178. The van der Waals surface area contributed by atoms with E-state index in [1.54, 1.807) is 0 Å². The van der Waals surface area contributed by atoms with Crippen LogP contribution >= 0.6 is 0 Å². The van der Waals surface area contributed by atoms with Gasteiger partial charge in [-0.25, -0.2) is 8.42 Å². The van der Waals surface area contributed by atoms with Crippen LogP contribution in [0.25, 0.3) is 11.1 Å². The van der Waals surface area contributed by atoms with Crippen LogP contribution in [-0.4, -0.2) is 38.5 Å². The van der Waals surface area contributed by atoms with Crippen molar-refractivity contribution < 1.29 is 17.9 Å². The molecule has 2 aromatic carbocycles. The maximum Gasteiger partial charge on any atom is 0.258 e. The molecule has 1 amide bonds. The molecule has 5 nitrogen and oxygen atoms in total. The van der Waals surface area contributed by atoms with E-state index in [4.69, 9.17) is 4.74 Å². The van der Waals surface area contributed by atoms with Crippen molar-refractivity contribution in [2.45, 2.75) is 19.4 Å². The molecule has 6 heteroatoms. The van der Waals surface area contributed by atoms with Gasteiger partial charge in [0.15, 0.2) is 16.4 Å². The molecule has 1 atom stereocenters. The molecule has 1 aliphatic rings. The zero-order valence-corrected chi connectivity index (χ0v) is 14.9. The number of sulfone groups is 1. The highest BCUT2D eigenvalue weighted by molar-refractivity contribution is 7.91. The monoisotopic (exact) mass is 359 g/mol. The second kappa shape index (κ2) is 7.27. The predicted molar refractivity (Wildman–Crippen MR) is 97.3 cm³/mol. The number of ether oxygens (including phenoxy) is 1. The quantitative estimate of drug-likeness (QED) is 0.889. The van der Waals surface area contributed by atoms with E-state index in [1.807, 2.05) is 31.2 Å². The maximum atomic E-state index is 11.9. The average molecular weight is 359 g/mol. The highest BCUT2D eigenvalue weighted by atomic mass is 32.2. The Bertz CT molecular complexity index is 842. The Morgan fingerprint density at radius 1 is 1.08 bits per heavy atom. The van der Waals surface area contributed by atoms with Crippen molar-refractivity contribution in [1.29, 1.82) is 0 Å². The zero-order chi connectivity index (χ0) is 17.9. The highest BCUT2D eigenvalue weighted by Gasteiger charge is 2.28. The minimum atomic E-state index is -3.00. The van der Waals surface area contributed by atoms with Gasteiger partial charge in [-0.15, -0.1) is 0 Å². The van der Waals surface area contributed by atoms with E-state index in [2.05, 4.69) is 29.6 Å². The van der Waals surface area contributed by atoms with Crippen molar-refractivity contribution in [1.82, 2.24) is 5.32 Å². The first kappa shape index (κ1) is 17.5. The summed E-state index contributed by atoms with van der Waals surface area (Å²) in [7, 11) is -3.00. The van der Waals surface area contributed by atoms with Gasteiger partial charge < -0.3 is 10.1 Å². The number of rotatable bonds is 5. The summed E-state index contributed by atoms with van der Waals surface area (Å²) in [5, 5.41) is 2.70. The van der Waals surface area contributed by atoms with Crippen LogP contribution in [-0.2, 0) is 14.6 Å². The lowest BCUT2D eigenvalue weighted by Crippen LogP contribution is -2.38. The van der Waals surface area contributed by atoms with Gasteiger partial charge in [0.25, 0.3) is 5.91 Å². The van der Waals surface area contributed by atoms with E-state index < -0.39 is 9.84 Å². The molecule has 132 valence electrons. The molecule has 0 aromatic heterocycles. The molecule has 1 aliphatic heterocycles. The van der Waals surface area contributed by atoms with Gasteiger partial charge in [-0.2, -0.15) is 0 Å². The van der Waals surface area contributed by atoms with Crippen LogP contribution < -0.4 is 10.1 Å². The van der Waals surface area contributed by atoms with Crippen LogP contribution in [0.5, 0.6) is 5.75 Å². The number of hydrogen-bond acceptors (Lipinski definition) is 4. The third-order valence-electron chi connectivity index (χ3n) is 4.21. The smallest absolute Gasteiger partial charge is 0.258 e. The van der Waals surface area contributed by atoms with Gasteiger partial charge in [0, 0.05) is 6.04 Å². The molecule has 1 fully saturated rings. The third kappa shape index (κ3) is 4.82. The van der Waals surface area contributed by atoms with E-state index >= 15 is 0 Å². The molecule has 1 heterocycles. The molecular weight excluding hydrogens is 338 g/mol. The summed E-state index contributed by atoms with van der Waals surface area (Å²) in [6.07, 6.45) is 0.472. The zero-order valence-electron chi connectivity index (χ0n) is 14.1. The summed E-state index contributed by atoms with van der Waals surface area (Å²) in [5.74, 6) is 0.457. The Kier molecular flexibility index (Phi) is 5.08. The molecule has 1 unspecified atom stereocenters. The van der Waals surface area contributed by atoms with E-state index in [1.165, 1.54) is 5.56 Å². The maximum absolute atomic E-state index is 11.9. The Labute approximate surface area is 147 Å². The Balaban J connectivity index is 1.51. The Hall–Kier alpha value is -2.34. The van der Waals surface area contributed by atoms with E-state index in [9.17, 15) is 13.2 Å². The Morgan fingerprint density at radius 2 is 1.68 bits per heavy atom. The molecule has 1 N–H and O–H groups in total. The summed E-state index contributed by atoms with van der Waals surface area (Å²) in [5.41, 5.74) is 3.41. The fraction of sp³-hybridized carbons (Fsp3) is 0.316. The lowest BCUT2D eigenvalue weighted by atomic mass is 10.0. The molecule has 0 radical (unpaired) electrons. The first-order valence-corrected chi connectivity index (χ1v) is 10.0. The summed E-state index contributed by atoms with van der Waals surface area (Å²) in [4.78, 5) is 11.9. The molecule has 3 rings (SSSR count). The molecule has 0 bridgehead atoms. The second-order valence-electron chi connectivity index (χ2n) is 6.35. The molecule has 2 aromatic rings. The topological polar surface area (TPSA) is 72.5 Å². The van der Waals surface area contributed by atoms with E-state index in [0.29, 0.717) is 12.2 Å². The summed E-state index contributed by atoms with van der Waals surface area (Å²) >= 11 is 0. The average Bonchev–Trinajstić information content (AvgIpc) is 2.93. The van der Waals surface area contributed by atoms with Crippen molar-refractivity contribution in [3.05, 3.63) is 54.1 Å². The number of benzene rings is 2. The number of carbonyl (C=O) groups is 1. The van der Waals surface area contributed by atoms with Crippen LogP contribution in [0.3, 0.4) is 0 Å². The number of carbonyl (C=O) groups excluding carboxylic acids is 1. The van der Waals surface area contributed by atoms with Crippen molar-refractivity contribution in [3.63, 3.8) is 0 Å². The SMILES string of the molecule is Cc1ccc(-c2ccc(OCC(=O)NC3CCS(=O)(=O)C3)cc2)cc1. The summed E-state index contributed by atoms with van der Waals surface area (Å²) in [6.45, 7) is 1.92. The van der Waals surface area contributed by atoms with Gasteiger partial charge in [0.05, 0.1) is 11.5 Å². The third-order valence-corrected chi connectivity index (χ3v) is 5.97. The summed E-state index contributed by atoms with van der Waals surface area (Å²) in [6, 6.07) is 15.5. The lowest BCUT2D eigenvalue weighted by molar-refractivity contribution is -0.123. The predicted octanol–water partition coefficient (Wildman–Crippen LogP) is 2.34. The minimum Gasteiger partial charge on any atom is -0.484 e. The van der Waals surface area contributed by atoms with Crippen LogP contribution in [0.1, 0.15) is 12.0 Å². The van der Waals surface area contributed by atoms with Crippen molar-refractivity contribution in [2.75, 3.05) is 18.1 Å². The van der Waals surface area contributed by atoms with Gasteiger partial charge in [0.2, 0.25) is 0 Å². The number of aryl methyl sites for hydroxylation is 1. The molecule has 0 aliphatic carbocycles. The molecule has 0 saturated carbocycles. The van der Waals surface area contributed by atoms with Crippen LogP contribution in [0.15, 0.2) is 48.5 Å². The van der Waals surface area contributed by atoms with E-state index in [0.717, 1.165) is 11.1 Å². The number of amides is 1. The standard InChI is InChI=1S/C19H21NO4S/c1-14-2-4-15(5-3-14)16-6-8-18(9-7-16)24-12-19(21)20-17-10-11-25(22,23)13-17/h2-9,17H,10-13H2,1H3,(H,20,21). The van der Waals surface area contributed by atoms with Gasteiger partial charge in [-0.3, -0.25) is 4.79 Å². The van der Waals surface area contributed by atoms with E-state index in [-0.39, 0.29) is 30.1 Å². The Morgan fingerprint density at radius 3 is 2.24 bits per heavy atom. The normalized spacial score (nSPS) is 18.7. The first-order chi connectivity index (χ1) is 11.9. The van der Waals surface area contributed by atoms with Crippen molar-refractivity contribution in [3.8, 4) is 16.9 Å². The fourth-order valence-corrected chi connectivity index (χ4v) is 4.49. The van der Waals surface area contributed by atoms with Crippen LogP contribution in [0.2, 0.25) is 0 Å². The van der Waals surface area contributed by atoms with Gasteiger partial charge >= 0.3 is 0 Å². The molecular formula is C19H21NO4S. The highest BCUT2D eigenvalue weighted by Crippen LogP contribution is 2.22. The second-order valence-corrected chi connectivity index (χ2v) is 8.58. The van der Waals surface area contributed by atoms with Gasteiger partial charge in [-0.1, -0.05) is 42.0 Å². The molecule has 25 heavy (non-hydrogen) atoms. The number of nitrogens with one attached hydrogen (secondary N) is 1. The lowest BCUT2D eigenvalue weighted by Gasteiger charge is -2.12. The fourth-order valence-electron chi connectivity index (χ4n) is 2.82. The number of hydrogen-bond donors (Lipinski definition) is 1. The largest absolute Gasteiger partial charge is 0.484 e.